The maximum atomic E-state index is 10.6. The first kappa shape index (κ1) is 25.2. The lowest BCUT2D eigenvalue weighted by Crippen LogP contribution is -2.21. The summed E-state index contributed by atoms with van der Waals surface area (Å²) in [4.78, 5) is 17.8. The molecule has 0 fully saturated rings. The minimum absolute atomic E-state index is 0.750. The number of nitrogens with two attached hydrogens (primary N) is 1. The normalized spacial score (nSPS) is 9.48. The summed E-state index contributed by atoms with van der Waals surface area (Å²) in [6.45, 7) is 0. The monoisotopic (exact) mass is 350 g/mol. The van der Waals surface area contributed by atoms with Gasteiger partial charge in [-0.15, -0.1) is 0 Å². The highest BCUT2D eigenvalue weighted by Gasteiger charge is 2.38. The van der Waals surface area contributed by atoms with Crippen LogP contribution in [-0.4, -0.2) is 40.8 Å². The number of hydrogen-bond acceptors (Lipinski definition) is 3. The predicted octanol–water partition coefficient (Wildman–Crippen LogP) is 2.51. The number of nitrogens with one attached hydrogen (secondary N) is 1. The first-order chi connectivity index (χ1) is 10.3. The lowest BCUT2D eigenvalue weighted by Gasteiger charge is -1.93. The molecule has 0 amide bonds. The number of aliphatic carboxylic acids is 2. The molecule has 5 N–H and O–H groups in total. The molecule has 0 unspecified atom stereocenters. The van der Waals surface area contributed by atoms with Gasteiger partial charge in [-0.1, -0.05) is 36.4 Å². The van der Waals surface area contributed by atoms with Crippen LogP contribution in [0.5, 0.6) is 0 Å². The van der Waals surface area contributed by atoms with E-state index in [9.17, 15) is 26.3 Å². The molecule has 0 bridgehead atoms. The van der Waals surface area contributed by atoms with Crippen molar-refractivity contribution in [2.45, 2.75) is 12.4 Å². The number of hydrogen-bond donors (Lipinski definition) is 4. The van der Waals surface area contributed by atoms with E-state index in [0.717, 1.165) is 6.34 Å². The van der Waals surface area contributed by atoms with Crippen molar-refractivity contribution in [1.82, 2.24) is 0 Å². The number of benzene rings is 1. The second kappa shape index (κ2) is 12.9. The summed E-state index contributed by atoms with van der Waals surface area (Å²) in [5, 5.41) is 20.1. The van der Waals surface area contributed by atoms with Gasteiger partial charge in [0.05, 0.1) is 6.34 Å². The molecule has 0 saturated heterocycles. The Morgan fingerprint density at radius 3 is 0.913 bits per heavy atom. The molecule has 12 heteroatoms. The summed E-state index contributed by atoms with van der Waals surface area (Å²) >= 11 is 0. The molecule has 1 aromatic rings. The van der Waals surface area contributed by atoms with Crippen molar-refractivity contribution in [3.63, 3.8) is 0 Å². The lowest BCUT2D eigenvalue weighted by atomic mass is 10.4. The maximum absolute atomic E-state index is 10.6. The maximum Gasteiger partial charge on any atom is 0.490 e. The Morgan fingerprint density at radius 2 is 0.870 bits per heavy atom. The first-order valence-electron chi connectivity index (χ1n) is 5.11. The van der Waals surface area contributed by atoms with E-state index >= 15 is 0 Å². The zero-order valence-corrected chi connectivity index (χ0v) is 11.1. The average Bonchev–Trinajstić information content (AvgIpc) is 2.40. The molecule has 0 heterocycles. The number of alkyl halides is 6. The van der Waals surface area contributed by atoms with Gasteiger partial charge in [0.25, 0.3) is 0 Å². The summed E-state index contributed by atoms with van der Waals surface area (Å²) in [6.07, 6.45) is -9.42. The molecule has 0 saturated carbocycles. The molecule has 0 spiro atoms. The molecule has 0 aromatic heterocycles. The molecular weight excluding hydrogens is 338 g/mol. The van der Waals surface area contributed by atoms with E-state index in [-0.39, 0.29) is 0 Å². The molecule has 0 aliphatic carbocycles. The van der Waals surface area contributed by atoms with Gasteiger partial charge in [-0.2, -0.15) is 26.3 Å². The Balaban J connectivity index is -0.000000241. The van der Waals surface area contributed by atoms with Gasteiger partial charge in [-0.25, -0.2) is 9.59 Å². The third kappa shape index (κ3) is 24.6. The van der Waals surface area contributed by atoms with Crippen LogP contribution in [-0.2, 0) is 9.59 Å². The highest BCUT2D eigenvalue weighted by molar-refractivity contribution is 5.73. The number of rotatable bonds is 0. The van der Waals surface area contributed by atoms with Crippen LogP contribution in [0.2, 0.25) is 0 Å². The second-order valence-corrected chi connectivity index (χ2v) is 2.93. The Morgan fingerprint density at radius 1 is 0.783 bits per heavy atom. The summed E-state index contributed by atoms with van der Waals surface area (Å²) in [7, 11) is 0. The van der Waals surface area contributed by atoms with Crippen molar-refractivity contribution in [1.29, 1.82) is 5.41 Å². The molecule has 0 aliphatic rings. The number of carbonyl (C=O) groups is 2. The summed E-state index contributed by atoms with van der Waals surface area (Å²) in [6, 6.07) is 12.0. The topological polar surface area (TPSA) is 124 Å². The van der Waals surface area contributed by atoms with Crippen molar-refractivity contribution < 1.29 is 46.1 Å². The van der Waals surface area contributed by atoms with E-state index in [1.54, 1.807) is 0 Å². The fourth-order valence-electron chi connectivity index (χ4n) is 0.385. The molecular formula is C11H12F6N2O4. The van der Waals surface area contributed by atoms with E-state index in [0.29, 0.717) is 0 Å². The van der Waals surface area contributed by atoms with Crippen LogP contribution < -0.4 is 5.73 Å². The number of carboxylic acid groups (broad SMARTS) is 2. The molecule has 6 nitrogen and oxygen atoms in total. The highest BCUT2D eigenvalue weighted by atomic mass is 19.4. The van der Waals surface area contributed by atoms with Crippen LogP contribution in [0.25, 0.3) is 0 Å². The van der Waals surface area contributed by atoms with Gasteiger partial charge in [0.2, 0.25) is 0 Å². The smallest absolute Gasteiger partial charge is 0.475 e. The summed E-state index contributed by atoms with van der Waals surface area (Å²) in [5.74, 6) is -5.51. The summed E-state index contributed by atoms with van der Waals surface area (Å²) < 4.78 is 63.5. The lowest BCUT2D eigenvalue weighted by molar-refractivity contribution is -0.193. The Labute approximate surface area is 125 Å². The van der Waals surface area contributed by atoms with Crippen molar-refractivity contribution in [2.24, 2.45) is 5.73 Å². The van der Waals surface area contributed by atoms with Gasteiger partial charge in [-0.05, 0) is 0 Å². The van der Waals surface area contributed by atoms with Crippen LogP contribution >= 0.6 is 0 Å². The predicted molar refractivity (Wildman–Crippen MR) is 66.8 cm³/mol. The van der Waals surface area contributed by atoms with Gasteiger partial charge in [0.1, 0.15) is 0 Å². The zero-order valence-electron chi connectivity index (χ0n) is 11.1. The molecule has 23 heavy (non-hydrogen) atoms. The average molecular weight is 350 g/mol. The third-order valence-corrected chi connectivity index (χ3v) is 1.15. The zero-order chi connectivity index (χ0) is 19.1. The van der Waals surface area contributed by atoms with Crippen LogP contribution in [0, 0.1) is 5.41 Å². The standard InChI is InChI=1S/C6H6.2C2HF3O2.CH4N2/c1-2-4-6-5-3-1;2*3-2(4,5)1(6)7;2-1-3/h1-6H;2*(H,6,7);1H,(H3,2,3). The molecule has 0 radical (unpaired) electrons. The summed E-state index contributed by atoms with van der Waals surface area (Å²) in [5.41, 5.74) is 4.39. The molecule has 1 aromatic carbocycles. The Kier molecular flexibility index (Phi) is 14.1. The third-order valence-electron chi connectivity index (χ3n) is 1.15. The quantitative estimate of drug-likeness (QED) is 0.325. The van der Waals surface area contributed by atoms with E-state index < -0.39 is 24.3 Å². The van der Waals surface area contributed by atoms with E-state index in [1.165, 1.54) is 0 Å². The molecule has 0 aliphatic heterocycles. The molecule has 0 atom stereocenters. The molecule has 1 rings (SSSR count). The van der Waals surface area contributed by atoms with Gasteiger partial charge in [0.15, 0.2) is 0 Å². The largest absolute Gasteiger partial charge is 0.490 e. The van der Waals surface area contributed by atoms with E-state index in [4.69, 9.17) is 25.2 Å². The van der Waals surface area contributed by atoms with Crippen molar-refractivity contribution in [2.75, 3.05) is 0 Å². The van der Waals surface area contributed by atoms with Crippen LogP contribution in [0.15, 0.2) is 36.4 Å². The van der Waals surface area contributed by atoms with E-state index in [2.05, 4.69) is 5.73 Å². The van der Waals surface area contributed by atoms with Gasteiger partial charge in [-0.3, -0.25) is 5.41 Å². The van der Waals surface area contributed by atoms with Crippen LogP contribution in [0.4, 0.5) is 26.3 Å². The van der Waals surface area contributed by atoms with Crippen molar-refractivity contribution >= 4 is 18.3 Å². The Hall–Kier alpha value is -2.79. The van der Waals surface area contributed by atoms with Gasteiger partial charge >= 0.3 is 24.3 Å². The van der Waals surface area contributed by atoms with Crippen LogP contribution in [0.1, 0.15) is 0 Å². The second-order valence-electron chi connectivity index (χ2n) is 2.93. The Bertz CT molecular complexity index is 397. The minimum Gasteiger partial charge on any atom is -0.475 e. The van der Waals surface area contributed by atoms with E-state index in [1.807, 2.05) is 36.4 Å². The first-order valence-corrected chi connectivity index (χ1v) is 5.11. The highest BCUT2D eigenvalue weighted by Crippen LogP contribution is 2.13. The van der Waals surface area contributed by atoms with Gasteiger partial charge in [0, 0.05) is 0 Å². The van der Waals surface area contributed by atoms with Crippen LogP contribution in [0.3, 0.4) is 0 Å². The molecule has 132 valence electrons. The fourth-order valence-corrected chi connectivity index (χ4v) is 0.385. The fraction of sp³-hybridized carbons (Fsp3) is 0.182. The number of carboxylic acids is 2. The number of halogens is 6. The minimum atomic E-state index is -5.08. The SMILES string of the molecule is N=CN.O=C(O)C(F)(F)F.O=C(O)C(F)(F)F.c1ccccc1. The van der Waals surface area contributed by atoms with Crippen molar-refractivity contribution in [3.8, 4) is 0 Å². The van der Waals surface area contributed by atoms with Gasteiger partial charge < -0.3 is 15.9 Å². The van der Waals surface area contributed by atoms with Crippen molar-refractivity contribution in [3.05, 3.63) is 36.4 Å².